The first-order valence-corrected chi connectivity index (χ1v) is 9.91. The van der Waals surface area contributed by atoms with E-state index in [0.717, 1.165) is 4.90 Å². The van der Waals surface area contributed by atoms with Gasteiger partial charge in [-0.25, -0.2) is 8.78 Å². The second-order valence-electron chi connectivity index (χ2n) is 7.87. The summed E-state index contributed by atoms with van der Waals surface area (Å²) in [6.45, 7) is 0.915. The number of rotatable bonds is 5. The van der Waals surface area contributed by atoms with E-state index in [-0.39, 0.29) is 50.0 Å². The lowest BCUT2D eigenvalue weighted by atomic mass is 9.95. The second kappa shape index (κ2) is 7.84. The standard InChI is InChI=1S/C20H22F2N4O4/c21-20(22)5-6-23-9-12(20)10-24-8-11-1-2-13-14(7-11)19(30)26(18(13)29)15-3-4-16(27)25-17(15)28/h1-2,7,12,15,23-24H,3-6,8-10H2,(H,25,27,28). The van der Waals surface area contributed by atoms with E-state index in [2.05, 4.69) is 16.0 Å². The lowest BCUT2D eigenvalue weighted by Crippen LogP contribution is -2.54. The van der Waals surface area contributed by atoms with E-state index >= 15 is 0 Å². The number of amides is 4. The Hall–Kier alpha value is -2.72. The van der Waals surface area contributed by atoms with Gasteiger partial charge in [-0.1, -0.05) is 6.07 Å². The number of carbonyl (C=O) groups is 4. The SMILES string of the molecule is O=C1CCC(N2C(=O)c3ccc(CNCC4CNCCC4(F)F)cc3C2=O)C(=O)N1. The van der Waals surface area contributed by atoms with E-state index in [1.807, 2.05) is 0 Å². The number of carbonyl (C=O) groups excluding carboxylic acids is 4. The molecule has 4 rings (SSSR count). The number of fused-ring (bicyclic) bond motifs is 1. The molecule has 0 saturated carbocycles. The number of hydrogen-bond donors (Lipinski definition) is 3. The third-order valence-electron chi connectivity index (χ3n) is 5.85. The van der Waals surface area contributed by atoms with Gasteiger partial charge in [0.25, 0.3) is 17.7 Å². The van der Waals surface area contributed by atoms with E-state index in [4.69, 9.17) is 0 Å². The summed E-state index contributed by atoms with van der Waals surface area (Å²) in [4.78, 5) is 49.8. The molecule has 1 aromatic rings. The van der Waals surface area contributed by atoms with Crippen LogP contribution in [0, 0.1) is 5.92 Å². The Morgan fingerprint density at radius 1 is 1.13 bits per heavy atom. The number of nitrogens with zero attached hydrogens (tertiary/aromatic N) is 1. The largest absolute Gasteiger partial charge is 0.316 e. The van der Waals surface area contributed by atoms with Crippen molar-refractivity contribution < 1.29 is 28.0 Å². The molecule has 4 amide bonds. The van der Waals surface area contributed by atoms with Crippen molar-refractivity contribution >= 4 is 23.6 Å². The molecule has 2 saturated heterocycles. The molecule has 3 aliphatic heterocycles. The van der Waals surface area contributed by atoms with Gasteiger partial charge in [-0.05, 0) is 24.1 Å². The lowest BCUT2D eigenvalue weighted by Gasteiger charge is -2.32. The smallest absolute Gasteiger partial charge is 0.262 e. The van der Waals surface area contributed by atoms with Crippen molar-refractivity contribution in [3.8, 4) is 0 Å². The summed E-state index contributed by atoms with van der Waals surface area (Å²) in [6, 6.07) is 3.70. The zero-order valence-corrected chi connectivity index (χ0v) is 16.2. The molecule has 3 aliphatic rings. The number of halogens is 2. The Bertz CT molecular complexity index is 920. The molecule has 0 spiro atoms. The maximum atomic E-state index is 13.9. The summed E-state index contributed by atoms with van der Waals surface area (Å²) in [5, 5.41) is 8.11. The molecular formula is C20H22F2N4O4. The van der Waals surface area contributed by atoms with Gasteiger partial charge in [-0.3, -0.25) is 29.4 Å². The topological polar surface area (TPSA) is 108 Å². The van der Waals surface area contributed by atoms with Gasteiger partial charge in [-0.15, -0.1) is 0 Å². The van der Waals surface area contributed by atoms with E-state index < -0.39 is 41.5 Å². The fraction of sp³-hybridized carbons (Fsp3) is 0.500. The maximum absolute atomic E-state index is 13.9. The highest BCUT2D eigenvalue weighted by Crippen LogP contribution is 2.30. The lowest BCUT2D eigenvalue weighted by molar-refractivity contribution is -0.136. The first-order chi connectivity index (χ1) is 14.3. The average molecular weight is 420 g/mol. The molecule has 8 nitrogen and oxygen atoms in total. The van der Waals surface area contributed by atoms with Crippen molar-refractivity contribution in [1.82, 2.24) is 20.9 Å². The molecule has 2 atom stereocenters. The minimum atomic E-state index is -2.72. The fourth-order valence-corrected chi connectivity index (χ4v) is 4.13. The maximum Gasteiger partial charge on any atom is 0.262 e. The number of alkyl halides is 2. The Morgan fingerprint density at radius 2 is 1.90 bits per heavy atom. The minimum absolute atomic E-state index is 0.0552. The average Bonchev–Trinajstić information content (AvgIpc) is 2.94. The molecule has 2 fully saturated rings. The van der Waals surface area contributed by atoms with E-state index in [9.17, 15) is 28.0 Å². The van der Waals surface area contributed by atoms with Crippen LogP contribution in [-0.4, -0.2) is 60.1 Å². The highest BCUT2D eigenvalue weighted by molar-refractivity contribution is 6.23. The zero-order chi connectivity index (χ0) is 21.5. The van der Waals surface area contributed by atoms with Crippen molar-refractivity contribution in [3.63, 3.8) is 0 Å². The molecular weight excluding hydrogens is 398 g/mol. The summed E-state index contributed by atoms with van der Waals surface area (Å²) in [5.74, 6) is -5.79. The predicted octanol–water partition coefficient (Wildman–Crippen LogP) is 0.422. The van der Waals surface area contributed by atoms with Gasteiger partial charge in [0.2, 0.25) is 11.8 Å². The quantitative estimate of drug-likeness (QED) is 0.596. The number of nitrogens with one attached hydrogen (secondary N) is 3. The first kappa shape index (κ1) is 20.5. The molecule has 3 N–H and O–H groups in total. The third kappa shape index (κ3) is 3.72. The van der Waals surface area contributed by atoms with Crippen molar-refractivity contribution in [2.24, 2.45) is 5.92 Å². The zero-order valence-electron chi connectivity index (χ0n) is 16.2. The van der Waals surface area contributed by atoms with E-state index in [1.54, 1.807) is 12.1 Å². The summed E-state index contributed by atoms with van der Waals surface area (Å²) in [6.07, 6.45) is -0.0429. The van der Waals surface area contributed by atoms with Gasteiger partial charge in [0.05, 0.1) is 11.1 Å². The number of hydrogen-bond acceptors (Lipinski definition) is 6. The normalized spacial score (nSPS) is 26.0. The van der Waals surface area contributed by atoms with Crippen LogP contribution in [0.15, 0.2) is 18.2 Å². The first-order valence-electron chi connectivity index (χ1n) is 9.91. The van der Waals surface area contributed by atoms with Crippen LogP contribution in [0.2, 0.25) is 0 Å². The van der Waals surface area contributed by atoms with E-state index in [0.29, 0.717) is 12.1 Å². The Morgan fingerprint density at radius 3 is 2.63 bits per heavy atom. The van der Waals surface area contributed by atoms with E-state index in [1.165, 1.54) is 6.07 Å². The number of benzene rings is 1. The molecule has 160 valence electrons. The molecule has 0 bridgehead atoms. The van der Waals surface area contributed by atoms with Crippen LogP contribution in [0.3, 0.4) is 0 Å². The van der Waals surface area contributed by atoms with Crippen LogP contribution in [0.5, 0.6) is 0 Å². The van der Waals surface area contributed by atoms with Gasteiger partial charge in [0.1, 0.15) is 6.04 Å². The Labute approximate surface area is 171 Å². The fourth-order valence-electron chi connectivity index (χ4n) is 4.13. The van der Waals surface area contributed by atoms with Gasteiger partial charge < -0.3 is 10.6 Å². The van der Waals surface area contributed by atoms with Crippen LogP contribution in [0.4, 0.5) is 8.78 Å². The van der Waals surface area contributed by atoms with Crippen LogP contribution >= 0.6 is 0 Å². The van der Waals surface area contributed by atoms with Gasteiger partial charge in [-0.2, -0.15) is 0 Å². The summed E-state index contributed by atoms with van der Waals surface area (Å²) in [7, 11) is 0. The third-order valence-corrected chi connectivity index (χ3v) is 5.85. The molecule has 1 aromatic carbocycles. The highest BCUT2D eigenvalue weighted by atomic mass is 19.3. The summed E-state index contributed by atoms with van der Waals surface area (Å²) < 4.78 is 27.8. The van der Waals surface area contributed by atoms with Crippen LogP contribution < -0.4 is 16.0 Å². The van der Waals surface area contributed by atoms with Gasteiger partial charge >= 0.3 is 0 Å². The van der Waals surface area contributed by atoms with Crippen molar-refractivity contribution in [2.45, 2.75) is 37.8 Å². The predicted molar refractivity (Wildman–Crippen MR) is 101 cm³/mol. The van der Waals surface area contributed by atoms with Crippen LogP contribution in [0.1, 0.15) is 45.5 Å². The monoisotopic (exact) mass is 420 g/mol. The van der Waals surface area contributed by atoms with Crippen LogP contribution in [-0.2, 0) is 16.1 Å². The minimum Gasteiger partial charge on any atom is -0.316 e. The molecule has 0 aliphatic carbocycles. The highest BCUT2D eigenvalue weighted by Gasteiger charge is 2.44. The van der Waals surface area contributed by atoms with Crippen LogP contribution in [0.25, 0.3) is 0 Å². The number of piperidine rings is 2. The molecule has 10 heteroatoms. The summed E-state index contributed by atoms with van der Waals surface area (Å²) >= 11 is 0. The molecule has 0 radical (unpaired) electrons. The van der Waals surface area contributed by atoms with Gasteiger partial charge in [0.15, 0.2) is 0 Å². The molecule has 0 aromatic heterocycles. The van der Waals surface area contributed by atoms with Gasteiger partial charge in [0, 0.05) is 44.9 Å². The van der Waals surface area contributed by atoms with Crippen molar-refractivity contribution in [3.05, 3.63) is 34.9 Å². The molecule has 3 heterocycles. The van der Waals surface area contributed by atoms with Crippen molar-refractivity contribution in [2.75, 3.05) is 19.6 Å². The Balaban J connectivity index is 1.43. The summed E-state index contributed by atoms with van der Waals surface area (Å²) in [5.41, 5.74) is 1.04. The number of imide groups is 2. The van der Waals surface area contributed by atoms with Crippen molar-refractivity contribution in [1.29, 1.82) is 0 Å². The second-order valence-corrected chi connectivity index (χ2v) is 7.87. The molecule has 2 unspecified atom stereocenters. The Kier molecular flexibility index (Phi) is 5.37. The molecule has 30 heavy (non-hydrogen) atoms.